The first-order valence-electron chi connectivity index (χ1n) is 10.8. The lowest BCUT2D eigenvalue weighted by Gasteiger charge is -2.61. The van der Waals surface area contributed by atoms with E-state index in [0.29, 0.717) is 31.2 Å². The van der Waals surface area contributed by atoms with Crippen LogP contribution in [0.5, 0.6) is 0 Å². The number of nitrogens with zero attached hydrogens (tertiary/aromatic N) is 2. The topological polar surface area (TPSA) is 49.9 Å². The van der Waals surface area contributed by atoms with E-state index < -0.39 is 17.7 Å². The molecule has 1 saturated heterocycles. The molecule has 8 heteroatoms. The molecule has 1 aromatic rings. The Labute approximate surface area is 180 Å². The molecular formula is C23H29F3N2O3. The van der Waals surface area contributed by atoms with Gasteiger partial charge in [0.15, 0.2) is 0 Å². The average Bonchev–Trinajstić information content (AvgIpc) is 3.40. The SMILES string of the molecule is CC(C)(C)OC(=O)c1ccc(CN2CC3(CC(N(C(=O)C(F)(F)F)C4CC4)C3)C2)cc1. The van der Waals surface area contributed by atoms with E-state index in [-0.39, 0.29) is 23.5 Å². The molecule has 0 atom stereocenters. The summed E-state index contributed by atoms with van der Waals surface area (Å²) >= 11 is 0. The van der Waals surface area contributed by atoms with Crippen molar-refractivity contribution in [3.05, 3.63) is 35.4 Å². The Morgan fingerprint density at radius 1 is 1.06 bits per heavy atom. The molecule has 0 aromatic heterocycles. The normalized spacial score (nSPS) is 21.4. The minimum atomic E-state index is -4.79. The number of benzene rings is 1. The summed E-state index contributed by atoms with van der Waals surface area (Å²) in [7, 11) is 0. The summed E-state index contributed by atoms with van der Waals surface area (Å²) in [6.07, 6.45) is -2.13. The first kappa shape index (κ1) is 22.1. The third-order valence-corrected chi connectivity index (χ3v) is 6.26. The van der Waals surface area contributed by atoms with Crippen LogP contribution in [0.4, 0.5) is 13.2 Å². The van der Waals surface area contributed by atoms with Crippen molar-refractivity contribution in [1.29, 1.82) is 0 Å². The Bertz CT molecular complexity index is 842. The Balaban J connectivity index is 1.26. The lowest BCUT2D eigenvalue weighted by atomic mass is 9.60. The zero-order chi connectivity index (χ0) is 22.6. The molecule has 1 spiro atoms. The quantitative estimate of drug-likeness (QED) is 0.648. The smallest absolute Gasteiger partial charge is 0.456 e. The molecule has 0 bridgehead atoms. The van der Waals surface area contributed by atoms with Crippen LogP contribution in [0, 0.1) is 5.41 Å². The van der Waals surface area contributed by atoms with Crippen LogP contribution in [-0.2, 0) is 16.1 Å². The highest BCUT2D eigenvalue weighted by atomic mass is 19.4. The lowest BCUT2D eigenvalue weighted by molar-refractivity contribution is -0.197. The van der Waals surface area contributed by atoms with Gasteiger partial charge in [0.1, 0.15) is 5.60 Å². The molecule has 3 fully saturated rings. The number of halogens is 3. The van der Waals surface area contributed by atoms with E-state index in [9.17, 15) is 22.8 Å². The number of ether oxygens (including phenoxy) is 1. The molecule has 170 valence electrons. The Kier molecular flexibility index (Phi) is 5.35. The molecule has 1 aromatic carbocycles. The van der Waals surface area contributed by atoms with Crippen LogP contribution >= 0.6 is 0 Å². The molecule has 3 aliphatic rings. The summed E-state index contributed by atoms with van der Waals surface area (Å²) in [6, 6.07) is 6.83. The molecule has 2 saturated carbocycles. The summed E-state index contributed by atoms with van der Waals surface area (Å²) < 4.78 is 44.2. The molecule has 0 N–H and O–H groups in total. The maximum absolute atomic E-state index is 12.9. The van der Waals surface area contributed by atoms with Gasteiger partial charge < -0.3 is 9.64 Å². The number of carbonyl (C=O) groups is 2. The van der Waals surface area contributed by atoms with Crippen molar-refractivity contribution >= 4 is 11.9 Å². The monoisotopic (exact) mass is 438 g/mol. The Morgan fingerprint density at radius 3 is 2.13 bits per heavy atom. The van der Waals surface area contributed by atoms with Gasteiger partial charge in [-0.1, -0.05) is 12.1 Å². The highest BCUT2D eigenvalue weighted by molar-refractivity contribution is 5.89. The van der Waals surface area contributed by atoms with Gasteiger partial charge in [-0.15, -0.1) is 0 Å². The van der Waals surface area contributed by atoms with Gasteiger partial charge >= 0.3 is 18.1 Å². The summed E-state index contributed by atoms with van der Waals surface area (Å²) in [4.78, 5) is 27.3. The fourth-order valence-electron chi connectivity index (χ4n) is 4.88. The van der Waals surface area contributed by atoms with Gasteiger partial charge in [-0.3, -0.25) is 9.69 Å². The van der Waals surface area contributed by atoms with E-state index in [1.807, 2.05) is 32.9 Å². The number of hydrogen-bond acceptors (Lipinski definition) is 4. The number of carbonyl (C=O) groups excluding carboxylic acids is 2. The fourth-order valence-corrected chi connectivity index (χ4v) is 4.88. The molecule has 0 unspecified atom stereocenters. The van der Waals surface area contributed by atoms with Crippen molar-refractivity contribution in [3.8, 4) is 0 Å². The molecule has 31 heavy (non-hydrogen) atoms. The van der Waals surface area contributed by atoms with E-state index in [1.54, 1.807) is 12.1 Å². The minimum Gasteiger partial charge on any atom is -0.456 e. The molecule has 2 aliphatic carbocycles. The van der Waals surface area contributed by atoms with E-state index >= 15 is 0 Å². The summed E-state index contributed by atoms with van der Waals surface area (Å²) in [5, 5.41) is 0. The fraction of sp³-hybridized carbons (Fsp3) is 0.652. The van der Waals surface area contributed by atoms with Crippen LogP contribution in [0.2, 0.25) is 0 Å². The second kappa shape index (κ2) is 7.50. The van der Waals surface area contributed by atoms with Gasteiger partial charge in [-0.25, -0.2) is 4.79 Å². The van der Waals surface area contributed by atoms with Crippen LogP contribution in [0.3, 0.4) is 0 Å². The first-order valence-corrected chi connectivity index (χ1v) is 10.8. The molecule has 1 aliphatic heterocycles. The van der Waals surface area contributed by atoms with Gasteiger partial charge in [0.25, 0.3) is 0 Å². The maximum Gasteiger partial charge on any atom is 0.471 e. The summed E-state index contributed by atoms with van der Waals surface area (Å²) in [6.45, 7) is 7.87. The highest BCUT2D eigenvalue weighted by Crippen LogP contribution is 2.52. The van der Waals surface area contributed by atoms with Crippen LogP contribution in [-0.4, -0.2) is 58.6 Å². The molecule has 1 amide bonds. The Hall–Kier alpha value is -2.09. The number of esters is 1. The van der Waals surface area contributed by atoms with E-state index in [1.165, 1.54) is 0 Å². The number of rotatable bonds is 5. The van der Waals surface area contributed by atoms with Crippen LogP contribution < -0.4 is 0 Å². The second-order valence-electron chi connectivity index (χ2n) is 10.3. The van der Waals surface area contributed by atoms with E-state index in [4.69, 9.17) is 4.74 Å². The van der Waals surface area contributed by atoms with Crippen molar-refractivity contribution in [2.75, 3.05) is 13.1 Å². The van der Waals surface area contributed by atoms with Crippen LogP contribution in [0.25, 0.3) is 0 Å². The predicted octanol–water partition coefficient (Wildman–Crippen LogP) is 4.16. The van der Waals surface area contributed by atoms with Crippen LogP contribution in [0.1, 0.15) is 62.4 Å². The summed E-state index contributed by atoms with van der Waals surface area (Å²) in [5.41, 5.74) is 1.09. The van der Waals surface area contributed by atoms with Crippen molar-refractivity contribution in [3.63, 3.8) is 0 Å². The van der Waals surface area contributed by atoms with Gasteiger partial charge in [0.2, 0.25) is 0 Å². The molecule has 5 nitrogen and oxygen atoms in total. The third-order valence-electron chi connectivity index (χ3n) is 6.26. The maximum atomic E-state index is 12.9. The van der Waals surface area contributed by atoms with Gasteiger partial charge in [-0.2, -0.15) is 13.2 Å². The number of hydrogen-bond donors (Lipinski definition) is 0. The minimum absolute atomic E-state index is 0.0418. The molecular weight excluding hydrogens is 409 g/mol. The summed E-state index contributed by atoms with van der Waals surface area (Å²) in [5.74, 6) is -2.02. The third kappa shape index (κ3) is 4.89. The molecule has 0 radical (unpaired) electrons. The zero-order valence-corrected chi connectivity index (χ0v) is 18.2. The Morgan fingerprint density at radius 2 is 1.65 bits per heavy atom. The van der Waals surface area contributed by atoms with Crippen LogP contribution in [0.15, 0.2) is 24.3 Å². The van der Waals surface area contributed by atoms with E-state index in [2.05, 4.69) is 4.90 Å². The van der Waals surface area contributed by atoms with Crippen molar-refractivity contribution in [2.45, 2.75) is 76.9 Å². The van der Waals surface area contributed by atoms with E-state index in [0.717, 1.165) is 30.1 Å². The first-order chi connectivity index (χ1) is 14.4. The zero-order valence-electron chi connectivity index (χ0n) is 18.2. The number of amides is 1. The number of alkyl halides is 3. The lowest BCUT2D eigenvalue weighted by Crippen LogP contribution is -2.67. The van der Waals surface area contributed by atoms with Crippen molar-refractivity contribution < 1.29 is 27.5 Å². The van der Waals surface area contributed by atoms with Gasteiger partial charge in [-0.05, 0) is 69.6 Å². The average molecular weight is 438 g/mol. The number of likely N-dealkylation sites (tertiary alicyclic amines) is 1. The second-order valence-corrected chi connectivity index (χ2v) is 10.3. The molecule has 1 heterocycles. The molecule has 4 rings (SSSR count). The van der Waals surface area contributed by atoms with Crippen molar-refractivity contribution in [1.82, 2.24) is 9.80 Å². The largest absolute Gasteiger partial charge is 0.471 e. The standard InChI is InChI=1S/C23H29F3N2O3/c1-21(2,3)31-19(29)16-6-4-15(5-7-16)12-27-13-22(14-27)10-18(11-22)28(17-8-9-17)20(30)23(24,25)26/h4-7,17-18H,8-14H2,1-3H3. The van der Waals surface area contributed by atoms with Crippen molar-refractivity contribution in [2.24, 2.45) is 5.41 Å². The predicted molar refractivity (Wildman–Crippen MR) is 108 cm³/mol. The van der Waals surface area contributed by atoms with Gasteiger partial charge in [0, 0.05) is 31.7 Å². The highest BCUT2D eigenvalue weighted by Gasteiger charge is 2.58. The van der Waals surface area contributed by atoms with Gasteiger partial charge in [0.05, 0.1) is 5.56 Å².